The molecular formula is C15H22N4S2. The Kier molecular flexibility index (Phi) is 5.90. The van der Waals surface area contributed by atoms with Gasteiger partial charge in [-0.2, -0.15) is 0 Å². The molecule has 1 heterocycles. The number of hydrogen-bond donors (Lipinski definition) is 1. The molecule has 1 aromatic carbocycles. The lowest BCUT2D eigenvalue weighted by molar-refractivity contribution is 0.397. The second kappa shape index (κ2) is 7.68. The molecule has 1 N–H and O–H groups in total. The highest BCUT2D eigenvalue weighted by Gasteiger charge is 2.08. The highest BCUT2D eigenvalue weighted by molar-refractivity contribution is 7.80. The van der Waals surface area contributed by atoms with Gasteiger partial charge in [-0.3, -0.25) is 0 Å². The van der Waals surface area contributed by atoms with E-state index in [1.54, 1.807) is 11.3 Å². The van der Waals surface area contributed by atoms with Crippen molar-refractivity contribution in [3.05, 3.63) is 29.3 Å². The molecule has 1 aromatic heterocycles. The molecule has 0 fully saturated rings. The zero-order valence-electron chi connectivity index (χ0n) is 12.8. The molecule has 21 heavy (non-hydrogen) atoms. The van der Waals surface area contributed by atoms with Crippen LogP contribution in [0.1, 0.15) is 11.4 Å². The fourth-order valence-corrected chi connectivity index (χ4v) is 3.18. The topological polar surface area (TPSA) is 31.4 Å². The largest absolute Gasteiger partial charge is 0.363 e. The third kappa shape index (κ3) is 4.91. The molecular weight excluding hydrogens is 300 g/mol. The lowest BCUT2D eigenvalue weighted by atomic mass is 10.3. The van der Waals surface area contributed by atoms with Crippen LogP contribution in [0.25, 0.3) is 10.2 Å². The molecule has 0 atom stereocenters. The molecule has 0 unspecified atom stereocenters. The first-order chi connectivity index (χ1) is 10.1. The van der Waals surface area contributed by atoms with Gasteiger partial charge in [0.2, 0.25) is 0 Å². The molecule has 0 radical (unpaired) electrons. The van der Waals surface area contributed by atoms with Gasteiger partial charge in [-0.15, -0.1) is 11.3 Å². The van der Waals surface area contributed by atoms with Gasteiger partial charge >= 0.3 is 0 Å². The van der Waals surface area contributed by atoms with Crippen LogP contribution in [0.4, 0.5) is 0 Å². The van der Waals surface area contributed by atoms with Crippen LogP contribution in [-0.2, 0) is 6.54 Å². The van der Waals surface area contributed by atoms with E-state index in [2.05, 4.69) is 35.4 Å². The van der Waals surface area contributed by atoms with Crippen LogP contribution < -0.4 is 5.32 Å². The fourth-order valence-electron chi connectivity index (χ4n) is 1.99. The number of hydrogen-bond acceptors (Lipinski definition) is 4. The molecule has 4 nitrogen and oxygen atoms in total. The van der Waals surface area contributed by atoms with Crippen molar-refractivity contribution in [2.45, 2.75) is 13.0 Å². The van der Waals surface area contributed by atoms with Gasteiger partial charge in [0.15, 0.2) is 5.11 Å². The first kappa shape index (κ1) is 16.1. The van der Waals surface area contributed by atoms with E-state index in [1.165, 1.54) is 4.70 Å². The van der Waals surface area contributed by atoms with Gasteiger partial charge < -0.3 is 15.1 Å². The summed E-state index contributed by atoms with van der Waals surface area (Å²) in [6, 6.07) is 8.22. The number of benzene rings is 1. The molecule has 2 rings (SSSR count). The van der Waals surface area contributed by atoms with Crippen LogP contribution in [-0.4, -0.2) is 54.1 Å². The Hall–Kier alpha value is -1.24. The summed E-state index contributed by atoms with van der Waals surface area (Å²) < 4.78 is 1.23. The Labute approximate surface area is 135 Å². The minimum atomic E-state index is 0.749. The van der Waals surface area contributed by atoms with E-state index in [0.29, 0.717) is 0 Å². The summed E-state index contributed by atoms with van der Waals surface area (Å²) in [5.74, 6) is 0. The molecule has 0 aliphatic carbocycles. The summed E-state index contributed by atoms with van der Waals surface area (Å²) in [4.78, 5) is 8.86. The van der Waals surface area contributed by atoms with E-state index >= 15 is 0 Å². The Morgan fingerprint density at radius 2 is 2.05 bits per heavy atom. The van der Waals surface area contributed by atoms with Crippen LogP contribution in [0.5, 0.6) is 0 Å². The maximum atomic E-state index is 5.41. The highest BCUT2D eigenvalue weighted by atomic mass is 32.1. The van der Waals surface area contributed by atoms with Crippen molar-refractivity contribution in [2.24, 2.45) is 0 Å². The molecule has 6 heteroatoms. The Bertz CT molecular complexity index is 561. The van der Waals surface area contributed by atoms with E-state index in [4.69, 9.17) is 12.2 Å². The quantitative estimate of drug-likeness (QED) is 0.652. The monoisotopic (exact) mass is 322 g/mol. The summed E-state index contributed by atoms with van der Waals surface area (Å²) in [6.45, 7) is 2.72. The summed E-state index contributed by atoms with van der Waals surface area (Å²) in [5, 5.41) is 5.18. The van der Waals surface area contributed by atoms with Gasteiger partial charge in [-0.1, -0.05) is 12.1 Å². The molecule has 0 saturated carbocycles. The zero-order chi connectivity index (χ0) is 15.2. The Balaban J connectivity index is 1.82. The molecule has 0 bridgehead atoms. The first-order valence-corrected chi connectivity index (χ1v) is 8.27. The van der Waals surface area contributed by atoms with Crippen molar-refractivity contribution in [1.82, 2.24) is 20.1 Å². The first-order valence-electron chi connectivity index (χ1n) is 7.04. The predicted octanol–water partition coefficient (Wildman–Crippen LogP) is 2.55. The number of nitrogens with one attached hydrogen (secondary N) is 1. The van der Waals surface area contributed by atoms with Crippen LogP contribution in [0.15, 0.2) is 24.3 Å². The maximum Gasteiger partial charge on any atom is 0.169 e. The number of thiazole rings is 1. The molecule has 0 aliphatic heterocycles. The zero-order valence-corrected chi connectivity index (χ0v) is 14.4. The summed E-state index contributed by atoms with van der Waals surface area (Å²) in [6.07, 6.45) is 1.09. The fraction of sp³-hybridized carbons (Fsp3) is 0.467. The molecule has 0 amide bonds. The molecule has 0 aliphatic rings. The van der Waals surface area contributed by atoms with Crippen molar-refractivity contribution < 1.29 is 0 Å². The number of rotatable bonds is 6. The van der Waals surface area contributed by atoms with Gasteiger partial charge in [0.25, 0.3) is 0 Å². The van der Waals surface area contributed by atoms with Crippen LogP contribution in [0.3, 0.4) is 0 Å². The third-order valence-electron chi connectivity index (χ3n) is 3.12. The Morgan fingerprint density at radius 1 is 1.29 bits per heavy atom. The van der Waals surface area contributed by atoms with Gasteiger partial charge in [0.05, 0.1) is 16.8 Å². The van der Waals surface area contributed by atoms with E-state index in [-0.39, 0.29) is 0 Å². The SMILES string of the molecule is CN(C)CCCNC(=S)N(C)Cc1nc2ccccc2s1. The van der Waals surface area contributed by atoms with Gasteiger partial charge in [-0.05, 0) is 51.4 Å². The summed E-state index contributed by atoms with van der Waals surface area (Å²) >= 11 is 7.14. The van der Waals surface area contributed by atoms with Crippen molar-refractivity contribution in [3.8, 4) is 0 Å². The highest BCUT2D eigenvalue weighted by Crippen LogP contribution is 2.22. The second-order valence-electron chi connectivity index (χ2n) is 5.32. The third-order valence-corrected chi connectivity index (χ3v) is 4.59. The van der Waals surface area contributed by atoms with E-state index in [1.807, 2.05) is 30.1 Å². The molecule has 2 aromatic rings. The standard InChI is InChI=1S/C15H22N4S2/c1-18(2)10-6-9-16-15(20)19(3)11-14-17-12-7-4-5-8-13(12)21-14/h4-5,7-8H,6,9-11H2,1-3H3,(H,16,20). The molecule has 0 spiro atoms. The summed E-state index contributed by atoms with van der Waals surface area (Å²) in [7, 11) is 6.17. The molecule has 0 saturated heterocycles. The van der Waals surface area contributed by atoms with Crippen molar-refractivity contribution in [2.75, 3.05) is 34.2 Å². The number of fused-ring (bicyclic) bond motifs is 1. The van der Waals surface area contributed by atoms with Crippen molar-refractivity contribution >= 4 is 38.9 Å². The minimum Gasteiger partial charge on any atom is -0.363 e. The second-order valence-corrected chi connectivity index (χ2v) is 6.82. The minimum absolute atomic E-state index is 0.749. The lowest BCUT2D eigenvalue weighted by Crippen LogP contribution is -2.37. The predicted molar refractivity (Wildman–Crippen MR) is 94.9 cm³/mol. The van der Waals surface area contributed by atoms with E-state index in [0.717, 1.165) is 41.7 Å². The van der Waals surface area contributed by atoms with E-state index in [9.17, 15) is 0 Å². The van der Waals surface area contributed by atoms with Gasteiger partial charge in [0.1, 0.15) is 5.01 Å². The van der Waals surface area contributed by atoms with Gasteiger partial charge in [-0.25, -0.2) is 4.98 Å². The number of thiocarbonyl (C=S) groups is 1. The normalized spacial score (nSPS) is 11.0. The summed E-state index contributed by atoms with van der Waals surface area (Å²) in [5.41, 5.74) is 1.07. The average molecular weight is 323 g/mol. The van der Waals surface area contributed by atoms with Crippen molar-refractivity contribution in [3.63, 3.8) is 0 Å². The van der Waals surface area contributed by atoms with Crippen LogP contribution in [0, 0.1) is 0 Å². The van der Waals surface area contributed by atoms with Gasteiger partial charge in [0, 0.05) is 13.6 Å². The molecule has 114 valence electrons. The number of para-hydroxylation sites is 1. The van der Waals surface area contributed by atoms with Crippen molar-refractivity contribution in [1.29, 1.82) is 0 Å². The average Bonchev–Trinajstić information content (AvgIpc) is 2.85. The van der Waals surface area contributed by atoms with E-state index < -0.39 is 0 Å². The number of aromatic nitrogens is 1. The number of nitrogens with zero attached hydrogens (tertiary/aromatic N) is 3. The Morgan fingerprint density at radius 3 is 2.76 bits per heavy atom. The van der Waals surface area contributed by atoms with Crippen LogP contribution in [0.2, 0.25) is 0 Å². The van der Waals surface area contributed by atoms with Crippen LogP contribution >= 0.6 is 23.6 Å². The smallest absolute Gasteiger partial charge is 0.169 e. The lowest BCUT2D eigenvalue weighted by Gasteiger charge is -2.20. The maximum absolute atomic E-state index is 5.41.